The molecular weight excluding hydrogens is 156 g/mol. The summed E-state index contributed by atoms with van der Waals surface area (Å²) in [6.45, 7) is 3.06. The van der Waals surface area contributed by atoms with Crippen molar-refractivity contribution in [2.75, 3.05) is 25.6 Å². The molecule has 1 rings (SSSR count). The first-order valence-electron chi connectivity index (χ1n) is 3.12. The zero-order valence-electron chi connectivity index (χ0n) is 5.27. The van der Waals surface area contributed by atoms with Gasteiger partial charge in [0, 0.05) is 19.0 Å². The van der Waals surface area contributed by atoms with E-state index in [9.17, 15) is 0 Å². The van der Waals surface area contributed by atoms with Crippen LogP contribution < -0.4 is 0 Å². The first-order chi connectivity index (χ1) is 4.43. The number of halogens is 1. The van der Waals surface area contributed by atoms with E-state index in [4.69, 9.17) is 16.1 Å². The molecule has 0 amide bonds. The summed E-state index contributed by atoms with van der Waals surface area (Å²) in [6.07, 6.45) is 1.16. The van der Waals surface area contributed by atoms with Gasteiger partial charge in [-0.2, -0.15) is 0 Å². The maximum Gasteiger partial charge on any atom is 0.0889 e. The molecule has 1 saturated heterocycles. The second-order valence-corrected chi connectivity index (χ2v) is 3.45. The van der Waals surface area contributed by atoms with Crippen LogP contribution in [-0.4, -0.2) is 30.2 Å². The van der Waals surface area contributed by atoms with Crippen LogP contribution in [0.5, 0.6) is 0 Å². The van der Waals surface area contributed by atoms with Gasteiger partial charge in [0.05, 0.1) is 15.6 Å². The fraction of sp³-hybridized carbons (Fsp3) is 1.00. The first-order valence-corrected chi connectivity index (χ1v) is 4.51. The lowest BCUT2D eigenvalue weighted by Gasteiger charge is -2.24. The molecule has 1 fully saturated rings. The molecule has 1 aliphatic rings. The smallest absolute Gasteiger partial charge is 0.0889 e. The molecule has 1 heterocycles. The Morgan fingerprint density at radius 1 is 1.67 bits per heavy atom. The maximum atomic E-state index is 5.54. The van der Waals surface area contributed by atoms with E-state index in [2.05, 4.69) is 4.67 Å². The van der Waals surface area contributed by atoms with Gasteiger partial charge in [-0.1, -0.05) is 0 Å². The van der Waals surface area contributed by atoms with Crippen molar-refractivity contribution in [3.05, 3.63) is 0 Å². The van der Waals surface area contributed by atoms with Crippen molar-refractivity contribution >= 4 is 20.6 Å². The zero-order chi connectivity index (χ0) is 6.53. The number of hydrogen-bond acceptors (Lipinski definition) is 2. The average Bonchev–Trinajstić information content (AvgIpc) is 1.91. The van der Waals surface area contributed by atoms with Crippen LogP contribution in [0.15, 0.2) is 0 Å². The molecule has 0 saturated carbocycles. The number of nitrogens with zero attached hydrogens (tertiary/aromatic N) is 1. The van der Waals surface area contributed by atoms with Crippen LogP contribution >= 0.6 is 20.6 Å². The summed E-state index contributed by atoms with van der Waals surface area (Å²) in [5, 5.41) is 0. The normalized spacial score (nSPS) is 25.0. The van der Waals surface area contributed by atoms with E-state index >= 15 is 0 Å². The Kier molecular flexibility index (Phi) is 3.83. The van der Waals surface area contributed by atoms with Gasteiger partial charge in [-0.05, 0) is 6.42 Å². The van der Waals surface area contributed by atoms with Gasteiger partial charge in [-0.25, -0.2) is 0 Å². The highest BCUT2D eigenvalue weighted by Crippen LogP contribution is 2.23. The Labute approximate surface area is 62.4 Å². The molecule has 0 N–H and O–H groups in total. The molecule has 54 valence electrons. The van der Waals surface area contributed by atoms with Crippen molar-refractivity contribution < 1.29 is 4.52 Å². The van der Waals surface area contributed by atoms with Crippen molar-refractivity contribution in [2.24, 2.45) is 0 Å². The highest BCUT2D eigenvalue weighted by Gasteiger charge is 2.08. The van der Waals surface area contributed by atoms with Crippen LogP contribution in [0, 0.1) is 0 Å². The van der Waals surface area contributed by atoms with Crippen molar-refractivity contribution in [1.82, 2.24) is 4.67 Å². The first kappa shape index (κ1) is 7.74. The lowest BCUT2D eigenvalue weighted by molar-refractivity contribution is 0.262. The molecule has 0 radical (unpaired) electrons. The summed E-state index contributed by atoms with van der Waals surface area (Å²) < 4.78 is 7.48. The van der Waals surface area contributed by atoms with E-state index in [1.807, 2.05) is 0 Å². The Bertz CT molecular complexity index is 74.6. The summed E-state index contributed by atoms with van der Waals surface area (Å²) in [4.78, 5) is 0. The van der Waals surface area contributed by atoms with E-state index in [-0.39, 0.29) is 0 Å². The van der Waals surface area contributed by atoms with E-state index in [1.54, 1.807) is 0 Å². The van der Waals surface area contributed by atoms with Crippen LogP contribution in [-0.2, 0) is 4.52 Å². The molecule has 9 heavy (non-hydrogen) atoms. The Morgan fingerprint density at radius 2 is 2.56 bits per heavy atom. The summed E-state index contributed by atoms with van der Waals surface area (Å²) in [6, 6.07) is 0. The number of hydrogen-bond donors (Lipinski definition) is 0. The van der Waals surface area contributed by atoms with Crippen LogP contribution in [0.4, 0.5) is 0 Å². The van der Waals surface area contributed by atoms with Crippen LogP contribution in [0.25, 0.3) is 0 Å². The third-order valence-electron chi connectivity index (χ3n) is 1.22. The molecule has 0 aromatic heterocycles. The van der Waals surface area contributed by atoms with E-state index in [0.717, 1.165) is 32.0 Å². The molecule has 0 bridgehead atoms. The predicted molar refractivity (Wildman–Crippen MR) is 41.2 cm³/mol. The maximum absolute atomic E-state index is 5.54. The summed E-state index contributed by atoms with van der Waals surface area (Å²) >= 11 is 5.54. The van der Waals surface area contributed by atoms with E-state index in [1.165, 1.54) is 0 Å². The third-order valence-corrected chi connectivity index (χ3v) is 2.43. The van der Waals surface area contributed by atoms with Gasteiger partial charge in [0.25, 0.3) is 0 Å². The largest absolute Gasteiger partial charge is 0.346 e. The van der Waals surface area contributed by atoms with Crippen LogP contribution in [0.3, 0.4) is 0 Å². The van der Waals surface area contributed by atoms with Gasteiger partial charge in [-0.3, -0.25) is 4.67 Å². The van der Waals surface area contributed by atoms with Crippen molar-refractivity contribution in [1.29, 1.82) is 0 Å². The van der Waals surface area contributed by atoms with Gasteiger partial charge >= 0.3 is 0 Å². The van der Waals surface area contributed by atoms with Gasteiger partial charge in [0.15, 0.2) is 0 Å². The quantitative estimate of drug-likeness (QED) is 0.456. The summed E-state index contributed by atoms with van der Waals surface area (Å²) in [7, 11) is 0.549. The fourth-order valence-electron chi connectivity index (χ4n) is 0.770. The van der Waals surface area contributed by atoms with E-state index < -0.39 is 0 Å². The van der Waals surface area contributed by atoms with Crippen LogP contribution in [0.2, 0.25) is 0 Å². The van der Waals surface area contributed by atoms with Crippen LogP contribution in [0.1, 0.15) is 6.42 Å². The fourth-order valence-corrected chi connectivity index (χ4v) is 1.99. The predicted octanol–water partition coefficient (Wildman–Crippen LogP) is 1.46. The summed E-state index contributed by atoms with van der Waals surface area (Å²) in [5.41, 5.74) is 0. The Morgan fingerprint density at radius 3 is 3.11 bits per heavy atom. The number of rotatable bonds is 2. The minimum atomic E-state index is 0.549. The highest BCUT2D eigenvalue weighted by molar-refractivity contribution is 7.29. The standard InChI is InChI=1S/C5H11ClNOP/c6-2-4-7-3-1-5-8-9-7/h9H,1-5H2. The lowest BCUT2D eigenvalue weighted by atomic mass is 10.4. The summed E-state index contributed by atoms with van der Waals surface area (Å²) in [5.74, 6) is 0.719. The molecule has 1 atom stereocenters. The average molecular weight is 168 g/mol. The van der Waals surface area contributed by atoms with E-state index in [0.29, 0.717) is 8.96 Å². The SMILES string of the molecule is ClCCN1CCCOP1. The monoisotopic (exact) mass is 167 g/mol. The van der Waals surface area contributed by atoms with Crippen molar-refractivity contribution in [2.45, 2.75) is 6.42 Å². The molecule has 1 aliphatic heterocycles. The molecule has 0 aliphatic carbocycles. The zero-order valence-corrected chi connectivity index (χ0v) is 7.02. The second-order valence-electron chi connectivity index (χ2n) is 1.97. The van der Waals surface area contributed by atoms with Gasteiger partial charge in [-0.15, -0.1) is 11.6 Å². The van der Waals surface area contributed by atoms with Crippen molar-refractivity contribution in [3.63, 3.8) is 0 Å². The minimum Gasteiger partial charge on any atom is -0.346 e. The molecule has 4 heteroatoms. The molecular formula is C5H11ClNOP. The minimum absolute atomic E-state index is 0.549. The van der Waals surface area contributed by atoms with Gasteiger partial charge in [0.2, 0.25) is 0 Å². The van der Waals surface area contributed by atoms with Crippen molar-refractivity contribution in [3.8, 4) is 0 Å². The van der Waals surface area contributed by atoms with Gasteiger partial charge < -0.3 is 4.52 Å². The van der Waals surface area contributed by atoms with Gasteiger partial charge in [0.1, 0.15) is 0 Å². The third kappa shape index (κ3) is 2.81. The molecule has 0 aromatic carbocycles. The lowest BCUT2D eigenvalue weighted by Crippen LogP contribution is -2.23. The molecule has 0 spiro atoms. The topological polar surface area (TPSA) is 12.5 Å². The highest BCUT2D eigenvalue weighted by atomic mass is 35.5. The Hall–Kier alpha value is 0.640. The number of alkyl halides is 1. The molecule has 1 unspecified atom stereocenters. The second kappa shape index (κ2) is 4.45. The molecule has 0 aromatic rings. The Balaban J connectivity index is 2.08. The molecule has 2 nitrogen and oxygen atoms in total.